The number of rotatable bonds is 0. The molecular formula is C31H49N3O. The Morgan fingerprint density at radius 3 is 2.71 bits per heavy atom. The molecule has 5 fully saturated rings. The van der Waals surface area contributed by atoms with Crippen LogP contribution in [0.1, 0.15) is 90.8 Å². The molecule has 0 bridgehead atoms. The van der Waals surface area contributed by atoms with Gasteiger partial charge in [0.05, 0.1) is 17.4 Å². The normalized spacial score (nSPS) is 55.0. The number of nitrogens with zero attached hydrogens (tertiary/aromatic N) is 2. The highest BCUT2D eigenvalue weighted by atomic mass is 16.5. The summed E-state index contributed by atoms with van der Waals surface area (Å²) in [5.74, 6) is 6.59. The lowest BCUT2D eigenvalue weighted by molar-refractivity contribution is -0.0858. The van der Waals surface area contributed by atoms with Crippen molar-refractivity contribution in [2.45, 2.75) is 110 Å². The van der Waals surface area contributed by atoms with Gasteiger partial charge in [-0.25, -0.2) is 0 Å². The van der Waals surface area contributed by atoms with Crippen LogP contribution in [-0.2, 0) is 24.6 Å². The topological polar surface area (TPSA) is 39.1 Å². The van der Waals surface area contributed by atoms with Crippen LogP contribution in [0, 0.1) is 52.8 Å². The average molecular weight is 480 g/mol. The third-order valence-electron chi connectivity index (χ3n) is 13.3. The molecule has 0 radical (unpaired) electrons. The van der Waals surface area contributed by atoms with E-state index < -0.39 is 0 Å². The molecule has 1 aromatic rings. The number of hydrogen-bond donors (Lipinski definition) is 1. The van der Waals surface area contributed by atoms with Crippen molar-refractivity contribution >= 4 is 0 Å². The second-order valence-corrected chi connectivity index (χ2v) is 14.9. The van der Waals surface area contributed by atoms with Gasteiger partial charge in [-0.3, -0.25) is 4.68 Å². The first-order valence-corrected chi connectivity index (χ1v) is 15.1. The minimum absolute atomic E-state index is 0.0896. The highest BCUT2D eigenvalue weighted by Crippen LogP contribution is 2.66. The Morgan fingerprint density at radius 1 is 1.06 bits per heavy atom. The maximum Gasteiger partial charge on any atom is 0.0768 e. The molecule has 3 saturated carbocycles. The Bertz CT molecular complexity index is 1000. The zero-order valence-corrected chi connectivity index (χ0v) is 23.1. The smallest absolute Gasteiger partial charge is 0.0768 e. The van der Waals surface area contributed by atoms with E-state index in [-0.39, 0.29) is 11.1 Å². The highest BCUT2D eigenvalue weighted by Gasteiger charge is 2.64. The van der Waals surface area contributed by atoms with Crippen LogP contribution in [0.3, 0.4) is 0 Å². The molecule has 2 saturated heterocycles. The largest absolute Gasteiger partial charge is 0.369 e. The molecule has 194 valence electrons. The van der Waals surface area contributed by atoms with E-state index in [0.717, 1.165) is 48.0 Å². The SMILES string of the molecule is CC1C[C@]2(CC[C@@H]3C1C[C@H]1[C@H]3CC[C@@H]3Cc4nn(C)cc4C[C@@]31C)O[C@@H]1C[C@H](C)CNC1(C)[C@H]2C. The molecule has 1 N–H and O–H groups in total. The van der Waals surface area contributed by atoms with E-state index in [1.807, 2.05) is 0 Å². The van der Waals surface area contributed by atoms with Crippen molar-refractivity contribution < 1.29 is 4.74 Å². The van der Waals surface area contributed by atoms with Gasteiger partial charge in [-0.2, -0.15) is 5.10 Å². The van der Waals surface area contributed by atoms with Crippen molar-refractivity contribution in [3.8, 4) is 0 Å². The zero-order chi connectivity index (χ0) is 24.3. The van der Waals surface area contributed by atoms with Crippen LogP contribution in [0.4, 0.5) is 0 Å². The minimum atomic E-state index is 0.0896. The Balaban J connectivity index is 1.15. The monoisotopic (exact) mass is 479 g/mol. The van der Waals surface area contributed by atoms with Crippen molar-refractivity contribution in [2.75, 3.05) is 6.54 Å². The highest BCUT2D eigenvalue weighted by molar-refractivity contribution is 5.26. The molecule has 6 aliphatic rings. The number of aromatic nitrogens is 2. The van der Waals surface area contributed by atoms with Crippen LogP contribution >= 0.6 is 0 Å². The molecule has 4 heteroatoms. The lowest BCUT2D eigenvalue weighted by atomic mass is 9.52. The number of ether oxygens (including phenoxy) is 1. The van der Waals surface area contributed by atoms with E-state index in [4.69, 9.17) is 9.84 Å². The average Bonchev–Trinajstić information content (AvgIpc) is 3.39. The van der Waals surface area contributed by atoms with E-state index >= 15 is 0 Å². The lowest BCUT2D eigenvalue weighted by Crippen LogP contribution is -2.59. The third-order valence-corrected chi connectivity index (χ3v) is 13.3. The fourth-order valence-electron chi connectivity index (χ4n) is 11.1. The molecule has 3 heterocycles. The molecule has 4 aliphatic carbocycles. The maximum atomic E-state index is 7.21. The summed E-state index contributed by atoms with van der Waals surface area (Å²) in [6.45, 7) is 13.8. The third kappa shape index (κ3) is 3.14. The quantitative estimate of drug-likeness (QED) is 0.512. The van der Waals surface area contributed by atoms with Gasteiger partial charge in [0.25, 0.3) is 0 Å². The van der Waals surface area contributed by atoms with Crippen molar-refractivity contribution in [2.24, 2.45) is 59.8 Å². The Hall–Kier alpha value is -0.870. The molecule has 7 rings (SSSR count). The predicted molar refractivity (Wildman–Crippen MR) is 140 cm³/mol. The summed E-state index contributed by atoms with van der Waals surface area (Å²) >= 11 is 0. The van der Waals surface area contributed by atoms with Crippen molar-refractivity contribution in [3.63, 3.8) is 0 Å². The molecule has 0 aromatic carbocycles. The van der Waals surface area contributed by atoms with Crippen molar-refractivity contribution in [3.05, 3.63) is 17.5 Å². The summed E-state index contributed by atoms with van der Waals surface area (Å²) in [5, 5.41) is 8.82. The number of nitrogens with one attached hydrogen (secondary N) is 1. The summed E-state index contributed by atoms with van der Waals surface area (Å²) in [7, 11) is 2.11. The molecular weight excluding hydrogens is 430 g/mol. The number of piperidine rings is 1. The van der Waals surface area contributed by atoms with Crippen LogP contribution < -0.4 is 5.32 Å². The summed E-state index contributed by atoms with van der Waals surface area (Å²) < 4.78 is 9.28. The number of fused-ring (bicyclic) bond motifs is 7. The van der Waals surface area contributed by atoms with E-state index in [1.54, 1.807) is 5.56 Å². The van der Waals surface area contributed by atoms with Gasteiger partial charge in [0.2, 0.25) is 0 Å². The molecule has 35 heavy (non-hydrogen) atoms. The molecule has 2 aliphatic heterocycles. The lowest BCUT2D eigenvalue weighted by Gasteiger charge is -2.52. The summed E-state index contributed by atoms with van der Waals surface area (Å²) in [5.41, 5.74) is 3.68. The van der Waals surface area contributed by atoms with Gasteiger partial charge in [0.15, 0.2) is 0 Å². The summed E-state index contributed by atoms with van der Waals surface area (Å²) in [6.07, 6.45) is 14.8. The second kappa shape index (κ2) is 7.59. The standard InChI is InChI=1S/C31H49N3O/c1-18-11-28-30(5,32-16-18)20(3)31(35-28)10-9-23-24-8-7-22-12-27-21(17-34(6)33-27)15-29(22,4)26(24)13-25(23)19(2)14-31/h17-20,22-26,28,32H,7-16H2,1-6H3/t18-,19?,20+,22+,23-,24-,25?,26-,28+,29-,30?,31-/m0/s1. The number of hydrogen-bond acceptors (Lipinski definition) is 3. The van der Waals surface area contributed by atoms with Crippen LogP contribution in [0.2, 0.25) is 0 Å². The van der Waals surface area contributed by atoms with E-state index in [0.29, 0.717) is 17.4 Å². The van der Waals surface area contributed by atoms with Crippen LogP contribution in [0.15, 0.2) is 6.20 Å². The molecule has 0 amide bonds. The predicted octanol–water partition coefficient (Wildman–Crippen LogP) is 5.79. The molecule has 3 unspecified atom stereocenters. The summed E-state index contributed by atoms with van der Waals surface area (Å²) in [6, 6.07) is 0. The second-order valence-electron chi connectivity index (χ2n) is 14.9. The number of aryl methyl sites for hydroxylation is 1. The molecule has 4 nitrogen and oxygen atoms in total. The Labute approximate surface area is 213 Å². The maximum absolute atomic E-state index is 7.21. The van der Waals surface area contributed by atoms with Gasteiger partial charge < -0.3 is 10.1 Å². The first-order chi connectivity index (χ1) is 16.6. The first-order valence-electron chi connectivity index (χ1n) is 15.1. The fourth-order valence-corrected chi connectivity index (χ4v) is 11.1. The zero-order valence-electron chi connectivity index (χ0n) is 23.1. The first kappa shape index (κ1) is 23.3. The van der Waals surface area contributed by atoms with E-state index in [1.165, 1.54) is 63.5 Å². The molecule has 1 spiro atoms. The molecule has 12 atom stereocenters. The van der Waals surface area contributed by atoms with Crippen LogP contribution in [-0.4, -0.2) is 33.6 Å². The summed E-state index contributed by atoms with van der Waals surface area (Å²) in [4.78, 5) is 0. The van der Waals surface area contributed by atoms with Gasteiger partial charge in [0, 0.05) is 24.7 Å². The Kier molecular flexibility index (Phi) is 5.04. The Morgan fingerprint density at radius 2 is 1.89 bits per heavy atom. The van der Waals surface area contributed by atoms with Gasteiger partial charge in [0.1, 0.15) is 0 Å². The van der Waals surface area contributed by atoms with Gasteiger partial charge in [-0.05, 0) is 124 Å². The van der Waals surface area contributed by atoms with Crippen molar-refractivity contribution in [1.82, 2.24) is 15.1 Å². The van der Waals surface area contributed by atoms with Gasteiger partial charge >= 0.3 is 0 Å². The van der Waals surface area contributed by atoms with E-state index in [9.17, 15) is 0 Å². The van der Waals surface area contributed by atoms with E-state index in [2.05, 4.69) is 57.9 Å². The van der Waals surface area contributed by atoms with Crippen molar-refractivity contribution in [1.29, 1.82) is 0 Å². The van der Waals surface area contributed by atoms with Crippen LogP contribution in [0.25, 0.3) is 0 Å². The van der Waals surface area contributed by atoms with Crippen LogP contribution in [0.5, 0.6) is 0 Å². The fraction of sp³-hybridized carbons (Fsp3) is 0.903. The molecule has 1 aromatic heterocycles. The van der Waals surface area contributed by atoms with Gasteiger partial charge in [-0.15, -0.1) is 0 Å². The van der Waals surface area contributed by atoms with Gasteiger partial charge in [-0.1, -0.05) is 27.7 Å². The minimum Gasteiger partial charge on any atom is -0.369 e.